The van der Waals surface area contributed by atoms with E-state index >= 15 is 0 Å². The molecule has 0 aliphatic rings. The molecule has 0 aromatic heterocycles. The fourth-order valence-electron chi connectivity index (χ4n) is 2.76. The SMILES string of the molecule is CCOc1ccc(S(=O)(=O)Nc2ccc(C(N)=O)cc2)cc1NC(=O)c1ccccc1. The topological polar surface area (TPSA) is 128 Å². The molecule has 8 nitrogen and oxygen atoms in total. The van der Waals surface area contributed by atoms with Gasteiger partial charge in [0.15, 0.2) is 0 Å². The first-order chi connectivity index (χ1) is 14.8. The number of rotatable bonds is 8. The molecular weight excluding hydrogens is 418 g/mol. The Morgan fingerprint density at radius 2 is 1.61 bits per heavy atom. The van der Waals surface area contributed by atoms with Crippen LogP contribution in [0.15, 0.2) is 77.7 Å². The van der Waals surface area contributed by atoms with Crippen LogP contribution in [0.5, 0.6) is 5.75 Å². The molecule has 0 unspecified atom stereocenters. The number of benzene rings is 3. The van der Waals surface area contributed by atoms with Crippen LogP contribution in [0, 0.1) is 0 Å². The van der Waals surface area contributed by atoms with E-state index in [1.54, 1.807) is 37.3 Å². The second-order valence-corrected chi connectivity index (χ2v) is 8.14. The third-order valence-corrected chi connectivity index (χ3v) is 5.65. The second kappa shape index (κ2) is 9.31. The molecule has 0 aliphatic heterocycles. The van der Waals surface area contributed by atoms with Crippen molar-refractivity contribution in [1.82, 2.24) is 0 Å². The third kappa shape index (κ3) is 5.40. The van der Waals surface area contributed by atoms with Crippen LogP contribution in [-0.4, -0.2) is 26.8 Å². The molecule has 3 aromatic rings. The van der Waals surface area contributed by atoms with Gasteiger partial charge in [-0.25, -0.2) is 8.42 Å². The maximum absolute atomic E-state index is 12.8. The lowest BCUT2D eigenvalue weighted by molar-refractivity contribution is 0.0997. The van der Waals surface area contributed by atoms with Crippen LogP contribution in [0.4, 0.5) is 11.4 Å². The third-order valence-electron chi connectivity index (χ3n) is 4.27. The molecule has 0 heterocycles. The highest BCUT2D eigenvalue weighted by atomic mass is 32.2. The Hall–Kier alpha value is -3.85. The van der Waals surface area contributed by atoms with Gasteiger partial charge in [-0.3, -0.25) is 14.3 Å². The molecule has 0 fully saturated rings. The maximum atomic E-state index is 12.8. The largest absolute Gasteiger partial charge is 0.492 e. The summed E-state index contributed by atoms with van der Waals surface area (Å²) in [7, 11) is -3.97. The van der Waals surface area contributed by atoms with Crippen molar-refractivity contribution in [3.63, 3.8) is 0 Å². The molecule has 0 spiro atoms. The zero-order valence-electron chi connectivity index (χ0n) is 16.7. The van der Waals surface area contributed by atoms with E-state index in [0.29, 0.717) is 17.9 Å². The number of sulfonamides is 1. The van der Waals surface area contributed by atoms with Crippen LogP contribution in [0.25, 0.3) is 0 Å². The number of amides is 2. The summed E-state index contributed by atoms with van der Waals surface area (Å²) >= 11 is 0. The summed E-state index contributed by atoms with van der Waals surface area (Å²) in [4.78, 5) is 23.6. The lowest BCUT2D eigenvalue weighted by Crippen LogP contribution is -2.16. The average Bonchev–Trinajstić information content (AvgIpc) is 2.75. The molecule has 0 saturated carbocycles. The van der Waals surface area contributed by atoms with E-state index in [2.05, 4.69) is 10.0 Å². The number of carbonyl (C=O) groups excluding carboxylic acids is 2. The van der Waals surface area contributed by atoms with E-state index in [-0.39, 0.29) is 21.8 Å². The fourth-order valence-corrected chi connectivity index (χ4v) is 3.84. The van der Waals surface area contributed by atoms with Crippen molar-refractivity contribution in [2.24, 2.45) is 5.73 Å². The number of anilines is 2. The standard InChI is InChI=1S/C22H21N3O5S/c1-2-30-20-13-12-18(14-19(20)24-22(27)16-6-4-3-5-7-16)31(28,29)25-17-10-8-15(9-11-17)21(23)26/h3-14,25H,2H2,1H3,(H2,23,26)(H,24,27). The van der Waals surface area contributed by atoms with Gasteiger partial charge in [0.05, 0.1) is 17.2 Å². The molecule has 3 rings (SSSR count). The van der Waals surface area contributed by atoms with Crippen molar-refractivity contribution < 1.29 is 22.7 Å². The predicted molar refractivity (Wildman–Crippen MR) is 118 cm³/mol. The Morgan fingerprint density at radius 3 is 2.23 bits per heavy atom. The van der Waals surface area contributed by atoms with Crippen molar-refractivity contribution in [3.8, 4) is 5.75 Å². The monoisotopic (exact) mass is 439 g/mol. The van der Waals surface area contributed by atoms with Crippen LogP contribution in [0.1, 0.15) is 27.6 Å². The van der Waals surface area contributed by atoms with Crippen molar-refractivity contribution >= 4 is 33.2 Å². The van der Waals surface area contributed by atoms with Crippen LogP contribution in [0.2, 0.25) is 0 Å². The van der Waals surface area contributed by atoms with E-state index in [1.165, 1.54) is 42.5 Å². The van der Waals surface area contributed by atoms with Crippen LogP contribution in [-0.2, 0) is 10.0 Å². The molecular formula is C22H21N3O5S. The summed E-state index contributed by atoms with van der Waals surface area (Å²) in [5.41, 5.74) is 6.36. The zero-order chi connectivity index (χ0) is 22.4. The molecule has 9 heteroatoms. The Labute approximate surface area is 180 Å². The second-order valence-electron chi connectivity index (χ2n) is 6.46. The van der Waals surface area contributed by atoms with E-state index in [0.717, 1.165) is 0 Å². The normalized spacial score (nSPS) is 10.9. The molecule has 31 heavy (non-hydrogen) atoms. The number of carbonyl (C=O) groups is 2. The van der Waals surface area contributed by atoms with Gasteiger partial charge in [-0.15, -0.1) is 0 Å². The van der Waals surface area contributed by atoms with Gasteiger partial charge < -0.3 is 15.8 Å². The average molecular weight is 439 g/mol. The van der Waals surface area contributed by atoms with Gasteiger partial charge >= 0.3 is 0 Å². The minimum Gasteiger partial charge on any atom is -0.492 e. The molecule has 0 radical (unpaired) electrons. The molecule has 160 valence electrons. The number of ether oxygens (including phenoxy) is 1. The first kappa shape index (κ1) is 21.8. The van der Waals surface area contributed by atoms with E-state index < -0.39 is 21.8 Å². The van der Waals surface area contributed by atoms with Crippen molar-refractivity contribution in [2.75, 3.05) is 16.6 Å². The van der Waals surface area contributed by atoms with Gasteiger partial charge in [-0.2, -0.15) is 0 Å². The van der Waals surface area contributed by atoms with E-state index in [9.17, 15) is 18.0 Å². The first-order valence-corrected chi connectivity index (χ1v) is 10.8. The summed E-state index contributed by atoms with van der Waals surface area (Å²) < 4.78 is 33.6. The molecule has 0 bridgehead atoms. The molecule has 2 amide bonds. The van der Waals surface area contributed by atoms with E-state index in [4.69, 9.17) is 10.5 Å². The molecule has 4 N–H and O–H groups in total. The van der Waals surface area contributed by atoms with Crippen molar-refractivity contribution in [1.29, 1.82) is 0 Å². The van der Waals surface area contributed by atoms with Gasteiger partial charge in [-0.05, 0) is 61.5 Å². The summed E-state index contributed by atoms with van der Waals surface area (Å²) in [5.74, 6) is -0.664. The minimum absolute atomic E-state index is 0.0710. The number of hydrogen-bond donors (Lipinski definition) is 3. The Balaban J connectivity index is 1.88. The summed E-state index contributed by atoms with van der Waals surface area (Å²) in [6, 6.07) is 18.4. The van der Waals surface area contributed by atoms with Crippen LogP contribution in [0.3, 0.4) is 0 Å². The highest BCUT2D eigenvalue weighted by Gasteiger charge is 2.19. The summed E-state index contributed by atoms with van der Waals surface area (Å²) in [5, 5.41) is 2.70. The van der Waals surface area contributed by atoms with E-state index in [1.807, 2.05) is 0 Å². The number of nitrogens with one attached hydrogen (secondary N) is 2. The maximum Gasteiger partial charge on any atom is 0.261 e. The van der Waals surface area contributed by atoms with Crippen molar-refractivity contribution in [2.45, 2.75) is 11.8 Å². The van der Waals surface area contributed by atoms with Crippen LogP contribution >= 0.6 is 0 Å². The van der Waals surface area contributed by atoms with Gasteiger partial charge in [0.2, 0.25) is 5.91 Å². The first-order valence-electron chi connectivity index (χ1n) is 9.36. The number of primary amides is 1. The predicted octanol–water partition coefficient (Wildman–Crippen LogP) is 3.24. The fraction of sp³-hybridized carbons (Fsp3) is 0.0909. The lowest BCUT2D eigenvalue weighted by Gasteiger charge is -2.14. The van der Waals surface area contributed by atoms with Gasteiger partial charge in [0.25, 0.3) is 15.9 Å². The molecule has 0 aliphatic carbocycles. The highest BCUT2D eigenvalue weighted by molar-refractivity contribution is 7.92. The zero-order valence-corrected chi connectivity index (χ0v) is 17.5. The molecule has 0 saturated heterocycles. The Morgan fingerprint density at radius 1 is 0.935 bits per heavy atom. The number of hydrogen-bond acceptors (Lipinski definition) is 5. The van der Waals surface area contributed by atoms with Gasteiger partial charge in [-0.1, -0.05) is 18.2 Å². The smallest absolute Gasteiger partial charge is 0.261 e. The summed E-state index contributed by atoms with van der Waals surface area (Å²) in [6.07, 6.45) is 0. The summed E-state index contributed by atoms with van der Waals surface area (Å²) in [6.45, 7) is 2.12. The molecule has 3 aromatic carbocycles. The Bertz CT molecular complexity index is 1190. The lowest BCUT2D eigenvalue weighted by atomic mass is 10.2. The van der Waals surface area contributed by atoms with Gasteiger partial charge in [0.1, 0.15) is 5.75 Å². The number of nitrogens with two attached hydrogens (primary N) is 1. The Kier molecular flexibility index (Phi) is 6.56. The van der Waals surface area contributed by atoms with Gasteiger partial charge in [0, 0.05) is 16.8 Å². The molecule has 0 atom stereocenters. The minimum atomic E-state index is -3.97. The van der Waals surface area contributed by atoms with Crippen molar-refractivity contribution in [3.05, 3.63) is 83.9 Å². The van der Waals surface area contributed by atoms with Crippen LogP contribution < -0.4 is 20.5 Å². The highest BCUT2D eigenvalue weighted by Crippen LogP contribution is 2.29. The quantitative estimate of drug-likeness (QED) is 0.496.